The molecule has 0 aromatic heterocycles. The van der Waals surface area contributed by atoms with Crippen LogP contribution in [0.4, 0.5) is 0 Å². The van der Waals surface area contributed by atoms with Crippen LogP contribution in [0.1, 0.15) is 26.3 Å². The largest absolute Gasteiger partial charge is 0.359 e. The van der Waals surface area contributed by atoms with Crippen LogP contribution in [-0.2, 0) is 11.3 Å². The number of nitrogens with zero attached hydrogens (tertiary/aromatic N) is 3. The lowest BCUT2D eigenvalue weighted by Crippen LogP contribution is -2.52. The van der Waals surface area contributed by atoms with E-state index in [1.165, 1.54) is 5.56 Å². The first kappa shape index (κ1) is 23.7. The summed E-state index contributed by atoms with van der Waals surface area (Å²) in [5.41, 5.74) is 0.846. The van der Waals surface area contributed by atoms with Gasteiger partial charge in [-0.05, 0) is 26.3 Å². The van der Waals surface area contributed by atoms with Crippen LogP contribution in [0.3, 0.4) is 0 Å². The average molecular weight is 487 g/mol. The number of halogens is 1. The molecule has 7 heteroatoms. The second-order valence-corrected chi connectivity index (χ2v) is 7.38. The van der Waals surface area contributed by atoms with E-state index in [0.29, 0.717) is 6.54 Å². The zero-order valence-corrected chi connectivity index (χ0v) is 19.3. The van der Waals surface area contributed by atoms with Crippen LogP contribution >= 0.6 is 24.0 Å². The molecule has 1 aromatic carbocycles. The zero-order chi connectivity index (χ0) is 19.0. The van der Waals surface area contributed by atoms with Crippen LogP contribution in [0, 0.1) is 5.41 Å². The number of hydrogen-bond donors (Lipinski definition) is 2. The van der Waals surface area contributed by atoms with Crippen molar-refractivity contribution >= 4 is 35.8 Å². The summed E-state index contributed by atoms with van der Waals surface area (Å²) in [5, 5.41) is 6.09. The van der Waals surface area contributed by atoms with Crippen LogP contribution in [0.5, 0.6) is 0 Å². The Morgan fingerprint density at radius 3 is 2.33 bits per heavy atom. The maximum atomic E-state index is 12.0. The predicted molar refractivity (Wildman–Crippen MR) is 123 cm³/mol. The first-order chi connectivity index (χ1) is 12.5. The molecule has 1 saturated heterocycles. The molecule has 0 aliphatic carbocycles. The number of aliphatic imine (C=N–C) groups is 1. The molecule has 0 atom stereocenters. The fraction of sp³-hybridized carbons (Fsp3) is 0.600. The van der Waals surface area contributed by atoms with Crippen molar-refractivity contribution in [2.75, 3.05) is 46.3 Å². The molecular weight excluding hydrogens is 453 g/mol. The molecule has 6 nitrogen and oxygen atoms in total. The molecule has 1 aliphatic heterocycles. The van der Waals surface area contributed by atoms with Crippen molar-refractivity contribution in [3.8, 4) is 0 Å². The molecular formula is C20H34IN5O. The zero-order valence-electron chi connectivity index (χ0n) is 17.0. The van der Waals surface area contributed by atoms with E-state index < -0.39 is 5.41 Å². The van der Waals surface area contributed by atoms with Gasteiger partial charge in [0, 0.05) is 46.3 Å². The third kappa shape index (κ3) is 7.29. The Hall–Kier alpha value is -1.35. The standard InChI is InChI=1S/C20H33N5O.HI/c1-5-22-19(23-16-20(2,3)18(26)21-4)25-13-11-24(12-14-25)15-17-9-7-6-8-10-17;/h6-10H,5,11-16H2,1-4H3,(H,21,26)(H,22,23);1H. The molecule has 27 heavy (non-hydrogen) atoms. The minimum absolute atomic E-state index is 0. The van der Waals surface area contributed by atoms with E-state index in [2.05, 4.69) is 57.7 Å². The highest BCUT2D eigenvalue weighted by molar-refractivity contribution is 14.0. The van der Waals surface area contributed by atoms with E-state index in [9.17, 15) is 4.79 Å². The maximum Gasteiger partial charge on any atom is 0.227 e. The quantitative estimate of drug-likeness (QED) is 0.367. The highest BCUT2D eigenvalue weighted by Crippen LogP contribution is 2.16. The van der Waals surface area contributed by atoms with Crippen molar-refractivity contribution in [3.63, 3.8) is 0 Å². The SMILES string of the molecule is CCNC(=NCC(C)(C)C(=O)NC)N1CCN(Cc2ccccc2)CC1.I. The van der Waals surface area contributed by atoms with Gasteiger partial charge < -0.3 is 15.5 Å². The lowest BCUT2D eigenvalue weighted by Gasteiger charge is -2.37. The van der Waals surface area contributed by atoms with E-state index in [1.807, 2.05) is 13.8 Å². The molecule has 2 rings (SSSR count). The van der Waals surface area contributed by atoms with Crippen LogP contribution in [0.2, 0.25) is 0 Å². The Balaban J connectivity index is 0.00000364. The second-order valence-electron chi connectivity index (χ2n) is 7.38. The summed E-state index contributed by atoms with van der Waals surface area (Å²) in [6.45, 7) is 12.1. The Labute approximate surface area is 180 Å². The molecule has 1 fully saturated rings. The second kappa shape index (κ2) is 11.5. The molecule has 0 spiro atoms. The summed E-state index contributed by atoms with van der Waals surface area (Å²) in [4.78, 5) is 21.5. The minimum atomic E-state index is -0.509. The van der Waals surface area contributed by atoms with Crippen LogP contribution < -0.4 is 10.6 Å². The number of carbonyl (C=O) groups excluding carboxylic acids is 1. The van der Waals surface area contributed by atoms with Gasteiger partial charge in [-0.1, -0.05) is 30.3 Å². The van der Waals surface area contributed by atoms with Crippen molar-refractivity contribution < 1.29 is 4.79 Å². The highest BCUT2D eigenvalue weighted by atomic mass is 127. The van der Waals surface area contributed by atoms with Crippen molar-refractivity contribution in [1.82, 2.24) is 20.4 Å². The molecule has 0 unspecified atom stereocenters. The average Bonchev–Trinajstić information content (AvgIpc) is 2.66. The van der Waals surface area contributed by atoms with Gasteiger partial charge in [0.15, 0.2) is 5.96 Å². The molecule has 0 radical (unpaired) electrons. The summed E-state index contributed by atoms with van der Waals surface area (Å²) >= 11 is 0. The number of amides is 1. The Morgan fingerprint density at radius 1 is 1.15 bits per heavy atom. The summed E-state index contributed by atoms with van der Waals surface area (Å²) in [7, 11) is 1.67. The lowest BCUT2D eigenvalue weighted by atomic mass is 9.93. The summed E-state index contributed by atoms with van der Waals surface area (Å²) < 4.78 is 0. The van der Waals surface area contributed by atoms with Gasteiger partial charge in [-0.3, -0.25) is 14.7 Å². The maximum absolute atomic E-state index is 12.0. The number of piperazine rings is 1. The molecule has 0 saturated carbocycles. The molecule has 2 N–H and O–H groups in total. The van der Waals surface area contributed by atoms with Gasteiger partial charge in [0.1, 0.15) is 0 Å². The van der Waals surface area contributed by atoms with E-state index >= 15 is 0 Å². The third-order valence-electron chi connectivity index (χ3n) is 4.72. The number of nitrogens with one attached hydrogen (secondary N) is 2. The van der Waals surface area contributed by atoms with Gasteiger partial charge in [-0.25, -0.2) is 0 Å². The first-order valence-electron chi connectivity index (χ1n) is 9.48. The Kier molecular flexibility index (Phi) is 10.1. The van der Waals surface area contributed by atoms with Crippen LogP contribution in [0.25, 0.3) is 0 Å². The van der Waals surface area contributed by atoms with Crippen LogP contribution in [-0.4, -0.2) is 68.0 Å². The molecule has 1 heterocycles. The van der Waals surface area contributed by atoms with E-state index in [0.717, 1.165) is 45.2 Å². The Bertz CT molecular complexity index is 598. The van der Waals surface area contributed by atoms with E-state index in [4.69, 9.17) is 4.99 Å². The van der Waals surface area contributed by atoms with E-state index in [1.54, 1.807) is 7.05 Å². The number of carbonyl (C=O) groups is 1. The van der Waals surface area contributed by atoms with Gasteiger partial charge in [-0.2, -0.15) is 0 Å². The topological polar surface area (TPSA) is 60.0 Å². The van der Waals surface area contributed by atoms with Gasteiger partial charge in [0.2, 0.25) is 5.91 Å². The van der Waals surface area contributed by atoms with Crippen LogP contribution in [0.15, 0.2) is 35.3 Å². The van der Waals surface area contributed by atoms with Crippen molar-refractivity contribution in [2.45, 2.75) is 27.3 Å². The highest BCUT2D eigenvalue weighted by Gasteiger charge is 2.27. The fourth-order valence-corrected chi connectivity index (χ4v) is 3.07. The summed E-state index contributed by atoms with van der Waals surface area (Å²) in [5.74, 6) is 0.925. The molecule has 1 amide bonds. The van der Waals surface area contributed by atoms with Gasteiger partial charge in [-0.15, -0.1) is 24.0 Å². The van der Waals surface area contributed by atoms with Crippen molar-refractivity contribution in [2.24, 2.45) is 10.4 Å². The normalized spacial score (nSPS) is 15.9. The lowest BCUT2D eigenvalue weighted by molar-refractivity contribution is -0.128. The first-order valence-corrected chi connectivity index (χ1v) is 9.48. The smallest absolute Gasteiger partial charge is 0.227 e. The van der Waals surface area contributed by atoms with Crippen molar-refractivity contribution in [3.05, 3.63) is 35.9 Å². The number of benzene rings is 1. The minimum Gasteiger partial charge on any atom is -0.359 e. The summed E-state index contributed by atoms with van der Waals surface area (Å²) in [6.07, 6.45) is 0. The molecule has 152 valence electrons. The van der Waals surface area contributed by atoms with Gasteiger partial charge in [0.05, 0.1) is 12.0 Å². The third-order valence-corrected chi connectivity index (χ3v) is 4.72. The van der Waals surface area contributed by atoms with Gasteiger partial charge in [0.25, 0.3) is 0 Å². The molecule has 0 bridgehead atoms. The van der Waals surface area contributed by atoms with Gasteiger partial charge >= 0.3 is 0 Å². The number of hydrogen-bond acceptors (Lipinski definition) is 3. The fourth-order valence-electron chi connectivity index (χ4n) is 3.07. The molecule has 1 aliphatic rings. The predicted octanol–water partition coefficient (Wildman–Crippen LogP) is 2.16. The summed E-state index contributed by atoms with van der Waals surface area (Å²) in [6, 6.07) is 10.6. The monoisotopic (exact) mass is 487 g/mol. The Morgan fingerprint density at radius 2 is 1.78 bits per heavy atom. The van der Waals surface area contributed by atoms with E-state index in [-0.39, 0.29) is 29.9 Å². The van der Waals surface area contributed by atoms with Crippen molar-refractivity contribution in [1.29, 1.82) is 0 Å². The number of rotatable bonds is 6. The molecule has 1 aromatic rings. The number of guanidine groups is 1.